The van der Waals surface area contributed by atoms with Gasteiger partial charge in [-0.15, -0.1) is 19.1 Å². The largest absolute Gasteiger partial charge is 0.573 e. The lowest BCUT2D eigenvalue weighted by Crippen LogP contribution is -2.42. The Labute approximate surface area is 252 Å². The summed E-state index contributed by atoms with van der Waals surface area (Å²) in [4.78, 5) is 12.2. The third kappa shape index (κ3) is 7.83. The molecule has 0 saturated carbocycles. The van der Waals surface area contributed by atoms with Crippen molar-refractivity contribution in [3.8, 4) is 29.1 Å². The molecule has 0 unspecified atom stereocenters. The highest BCUT2D eigenvalue weighted by Gasteiger charge is 2.31. The second kappa shape index (κ2) is 13.3. The van der Waals surface area contributed by atoms with Crippen LogP contribution < -0.4 is 18.9 Å². The fourth-order valence-electron chi connectivity index (χ4n) is 4.69. The van der Waals surface area contributed by atoms with E-state index in [-0.39, 0.29) is 30.2 Å². The Balaban J connectivity index is 1.66. The first-order valence-electron chi connectivity index (χ1n) is 13.2. The third-order valence-corrected chi connectivity index (χ3v) is 8.25. The van der Waals surface area contributed by atoms with Gasteiger partial charge in [0.25, 0.3) is 0 Å². The number of halogens is 3. The summed E-state index contributed by atoms with van der Waals surface area (Å²) in [6.07, 6.45) is -5.08. The molecule has 0 aliphatic rings. The summed E-state index contributed by atoms with van der Waals surface area (Å²) in [6.45, 7) is 3.65. The Morgan fingerprint density at radius 3 is 2.39 bits per heavy atom. The van der Waals surface area contributed by atoms with E-state index in [1.807, 2.05) is 4.57 Å². The number of ether oxygens (including phenoxy) is 3. The minimum Gasteiger partial charge on any atom is -0.497 e. The summed E-state index contributed by atoms with van der Waals surface area (Å²) in [7, 11) is -2.79. The van der Waals surface area contributed by atoms with Gasteiger partial charge >= 0.3 is 12.3 Å². The van der Waals surface area contributed by atoms with Crippen LogP contribution in [0.5, 0.6) is 17.2 Å². The predicted octanol–water partition coefficient (Wildman–Crippen LogP) is 5.28. The maximum absolute atomic E-state index is 13.2. The highest BCUT2D eigenvalue weighted by atomic mass is 32.2. The van der Waals surface area contributed by atoms with Crippen molar-refractivity contribution in [2.75, 3.05) is 13.7 Å². The van der Waals surface area contributed by atoms with E-state index in [2.05, 4.69) is 21.3 Å². The van der Waals surface area contributed by atoms with Crippen LogP contribution in [0.25, 0.3) is 10.9 Å². The molecule has 0 aliphatic carbocycles. The second-order valence-electron chi connectivity index (χ2n) is 9.63. The van der Waals surface area contributed by atoms with Crippen molar-refractivity contribution in [3.63, 3.8) is 0 Å². The number of rotatable bonds is 12. The molecule has 232 valence electrons. The van der Waals surface area contributed by atoms with Crippen LogP contribution >= 0.6 is 0 Å². The number of alkyl halides is 3. The van der Waals surface area contributed by atoms with Crippen LogP contribution in [0.3, 0.4) is 0 Å². The molecular weight excluding hydrogens is 601 g/mol. The number of carboxylic acids is 1. The SMILES string of the molecule is CC#CCOc1ccc(S(=O)(=O)N[C@@H](Cc2c(C)n(Cc3cccc(OC(F)(F)F)c3)c3ccc(OC)cc23)C(=O)O)cc1. The minimum absolute atomic E-state index is 0.130. The normalized spacial score (nSPS) is 12.3. The monoisotopic (exact) mass is 630 g/mol. The first-order valence-corrected chi connectivity index (χ1v) is 14.7. The summed E-state index contributed by atoms with van der Waals surface area (Å²) in [5, 5.41) is 10.6. The summed E-state index contributed by atoms with van der Waals surface area (Å²) in [5.41, 5.74) is 2.27. The van der Waals surface area contributed by atoms with Crippen molar-refractivity contribution in [1.29, 1.82) is 0 Å². The predicted molar refractivity (Wildman–Crippen MR) is 156 cm³/mol. The van der Waals surface area contributed by atoms with E-state index in [4.69, 9.17) is 9.47 Å². The number of nitrogens with zero attached hydrogens (tertiary/aromatic N) is 1. The van der Waals surface area contributed by atoms with Crippen LogP contribution in [0.1, 0.15) is 23.7 Å². The summed E-state index contributed by atoms with van der Waals surface area (Å²) >= 11 is 0. The van der Waals surface area contributed by atoms with E-state index < -0.39 is 28.4 Å². The number of carboxylic acid groups (broad SMARTS) is 1. The fourth-order valence-corrected chi connectivity index (χ4v) is 5.88. The van der Waals surface area contributed by atoms with E-state index >= 15 is 0 Å². The number of hydrogen-bond donors (Lipinski definition) is 2. The van der Waals surface area contributed by atoms with Gasteiger partial charge in [0.1, 0.15) is 29.9 Å². The molecule has 1 atom stereocenters. The molecule has 0 amide bonds. The molecule has 2 N–H and O–H groups in total. The fraction of sp³-hybridized carbons (Fsp3) is 0.258. The van der Waals surface area contributed by atoms with Gasteiger partial charge in [-0.05, 0) is 79.6 Å². The van der Waals surface area contributed by atoms with Gasteiger partial charge in [0.15, 0.2) is 0 Å². The molecule has 0 bridgehead atoms. The quantitative estimate of drug-likeness (QED) is 0.205. The Hall–Kier alpha value is -4.67. The van der Waals surface area contributed by atoms with E-state index in [0.29, 0.717) is 39.2 Å². The van der Waals surface area contributed by atoms with E-state index in [1.54, 1.807) is 38.1 Å². The molecule has 9 nitrogen and oxygen atoms in total. The van der Waals surface area contributed by atoms with E-state index in [1.165, 1.54) is 49.6 Å². The molecule has 0 spiro atoms. The lowest BCUT2D eigenvalue weighted by atomic mass is 10.0. The summed E-state index contributed by atoms with van der Waals surface area (Å²) in [5.74, 6) is 4.52. The van der Waals surface area contributed by atoms with Gasteiger partial charge < -0.3 is 23.9 Å². The topological polar surface area (TPSA) is 116 Å². The van der Waals surface area contributed by atoms with Crippen LogP contribution in [0.15, 0.2) is 71.6 Å². The number of methoxy groups -OCH3 is 1. The third-order valence-electron chi connectivity index (χ3n) is 6.76. The number of sulfonamides is 1. The number of aliphatic carboxylic acids is 1. The van der Waals surface area contributed by atoms with Crippen LogP contribution in [-0.2, 0) is 27.8 Å². The Morgan fingerprint density at radius 2 is 1.75 bits per heavy atom. The first-order chi connectivity index (χ1) is 20.8. The number of fused-ring (bicyclic) bond motifs is 1. The van der Waals surface area contributed by atoms with Crippen molar-refractivity contribution >= 4 is 26.9 Å². The molecule has 0 radical (unpaired) electrons. The van der Waals surface area contributed by atoms with Crippen molar-refractivity contribution in [2.45, 2.75) is 44.1 Å². The average molecular weight is 631 g/mol. The average Bonchev–Trinajstić information content (AvgIpc) is 3.21. The van der Waals surface area contributed by atoms with Crippen molar-refractivity contribution in [2.24, 2.45) is 0 Å². The lowest BCUT2D eigenvalue weighted by Gasteiger charge is -2.16. The van der Waals surface area contributed by atoms with Crippen LogP contribution in [0.2, 0.25) is 0 Å². The summed E-state index contributed by atoms with van der Waals surface area (Å²) < 4.78 is 83.6. The van der Waals surface area contributed by atoms with Gasteiger partial charge in [-0.2, -0.15) is 4.72 Å². The van der Waals surface area contributed by atoms with Crippen LogP contribution in [0, 0.1) is 18.8 Å². The van der Waals surface area contributed by atoms with Crippen LogP contribution in [-0.4, -0.2) is 50.2 Å². The molecule has 0 aliphatic heterocycles. The lowest BCUT2D eigenvalue weighted by molar-refractivity contribution is -0.274. The van der Waals surface area contributed by atoms with E-state index in [0.717, 1.165) is 0 Å². The standard InChI is InChI=1S/C31H29F3N2O7S/c1-4-5-15-42-22-9-12-25(13-10-22)44(39,40)35-28(30(37)38)18-26-20(2)36(29-14-11-23(41-3)17-27(26)29)19-21-7-6-8-24(16-21)43-31(32,33)34/h6-14,16-17,28,35H,15,18-19H2,1-3H3,(H,37,38)/t28-/m0/s1. The number of carbonyl (C=O) groups is 1. The van der Waals surface area contributed by atoms with E-state index in [9.17, 15) is 31.5 Å². The second-order valence-corrected chi connectivity index (χ2v) is 11.3. The van der Waals surface area contributed by atoms with Crippen molar-refractivity contribution in [1.82, 2.24) is 9.29 Å². The first kappa shape index (κ1) is 32.2. The maximum atomic E-state index is 13.2. The van der Waals surface area contributed by atoms with Gasteiger partial charge in [-0.1, -0.05) is 18.1 Å². The zero-order valence-corrected chi connectivity index (χ0v) is 24.8. The Morgan fingerprint density at radius 1 is 1.05 bits per heavy atom. The van der Waals surface area contributed by atoms with Crippen LogP contribution in [0.4, 0.5) is 13.2 Å². The van der Waals surface area contributed by atoms with Crippen molar-refractivity contribution in [3.05, 3.63) is 83.6 Å². The highest BCUT2D eigenvalue weighted by Crippen LogP contribution is 2.32. The van der Waals surface area contributed by atoms with Crippen molar-refractivity contribution < 1.29 is 45.7 Å². The number of aromatic nitrogens is 1. The number of nitrogens with one attached hydrogen (secondary N) is 1. The molecule has 4 aromatic rings. The zero-order chi connectivity index (χ0) is 32.1. The van der Waals surface area contributed by atoms with Gasteiger partial charge in [0.2, 0.25) is 10.0 Å². The smallest absolute Gasteiger partial charge is 0.497 e. The van der Waals surface area contributed by atoms with Gasteiger partial charge in [-0.3, -0.25) is 4.79 Å². The number of hydrogen-bond acceptors (Lipinski definition) is 6. The zero-order valence-electron chi connectivity index (χ0n) is 23.9. The summed E-state index contributed by atoms with van der Waals surface area (Å²) in [6, 6.07) is 14.6. The minimum atomic E-state index is -4.85. The molecule has 0 fully saturated rings. The van der Waals surface area contributed by atoms with Gasteiger partial charge in [0.05, 0.1) is 12.0 Å². The molecular formula is C31H29F3N2O7S. The highest BCUT2D eigenvalue weighted by molar-refractivity contribution is 7.89. The maximum Gasteiger partial charge on any atom is 0.573 e. The molecule has 0 saturated heterocycles. The molecule has 1 heterocycles. The Kier molecular flexibility index (Phi) is 9.76. The molecule has 44 heavy (non-hydrogen) atoms. The molecule has 13 heteroatoms. The number of benzene rings is 3. The Bertz CT molecular complexity index is 1820. The van der Waals surface area contributed by atoms with Gasteiger partial charge in [-0.25, -0.2) is 8.42 Å². The molecule has 3 aromatic carbocycles. The van der Waals surface area contributed by atoms with Gasteiger partial charge in [0, 0.05) is 29.6 Å². The molecule has 4 rings (SSSR count). The molecule has 1 aromatic heterocycles.